The van der Waals surface area contributed by atoms with Crippen molar-refractivity contribution in [1.82, 2.24) is 4.90 Å². The summed E-state index contributed by atoms with van der Waals surface area (Å²) in [7, 11) is 3.36. The molecule has 4 nitrogen and oxygen atoms in total. The summed E-state index contributed by atoms with van der Waals surface area (Å²) in [5.41, 5.74) is 4.77. The van der Waals surface area contributed by atoms with E-state index in [0.29, 0.717) is 22.2 Å². The van der Waals surface area contributed by atoms with E-state index in [0.717, 1.165) is 46.7 Å². The molecule has 1 aliphatic heterocycles. The quantitative estimate of drug-likeness (QED) is 0.473. The van der Waals surface area contributed by atoms with Gasteiger partial charge in [-0.25, -0.2) is 0 Å². The van der Waals surface area contributed by atoms with Crippen molar-refractivity contribution in [3.63, 3.8) is 0 Å². The number of benzene rings is 3. The molecule has 0 bridgehead atoms. The summed E-state index contributed by atoms with van der Waals surface area (Å²) in [6.07, 6.45) is 0.808. The lowest BCUT2D eigenvalue weighted by molar-refractivity contribution is 0.198. The summed E-state index contributed by atoms with van der Waals surface area (Å²) < 4.78 is 11.4. The van der Waals surface area contributed by atoms with Gasteiger partial charge in [0.25, 0.3) is 0 Å². The Bertz CT molecular complexity index is 1160. The monoisotopic (exact) mass is 452 g/mol. The molecule has 0 N–H and O–H groups in total. The lowest BCUT2D eigenvalue weighted by Crippen LogP contribution is -2.36. The first kappa shape index (κ1) is 21.5. The molecule has 1 heterocycles. The lowest BCUT2D eigenvalue weighted by Gasteiger charge is -2.39. The van der Waals surface area contributed by atoms with Crippen molar-refractivity contribution in [2.75, 3.05) is 20.8 Å². The van der Waals surface area contributed by atoms with Crippen LogP contribution in [0.1, 0.15) is 33.9 Å². The predicted octanol–water partition coefficient (Wildman–Crippen LogP) is 6.03. The van der Waals surface area contributed by atoms with Crippen molar-refractivity contribution in [2.45, 2.75) is 19.0 Å². The highest BCUT2D eigenvalue weighted by molar-refractivity contribution is 6.42. The summed E-state index contributed by atoms with van der Waals surface area (Å²) in [6.45, 7) is 1.45. The van der Waals surface area contributed by atoms with Crippen LogP contribution in [0.4, 0.5) is 0 Å². The SMILES string of the molecule is COc1ccc(OC)c2c1CCN(Cc1cccc(C#N)c1)C2c1cccc(Cl)c1Cl. The molecule has 6 heteroatoms. The molecule has 0 fully saturated rings. The van der Waals surface area contributed by atoms with Gasteiger partial charge in [0.1, 0.15) is 11.5 Å². The van der Waals surface area contributed by atoms with Crippen LogP contribution in [0.25, 0.3) is 0 Å². The number of rotatable bonds is 5. The Kier molecular flexibility index (Phi) is 6.38. The summed E-state index contributed by atoms with van der Waals surface area (Å²) >= 11 is 13.1. The van der Waals surface area contributed by atoms with Crippen molar-refractivity contribution in [1.29, 1.82) is 5.26 Å². The molecule has 0 saturated carbocycles. The largest absolute Gasteiger partial charge is 0.496 e. The summed E-state index contributed by atoms with van der Waals surface area (Å²) in [5.74, 6) is 1.62. The molecule has 158 valence electrons. The molecule has 3 aromatic rings. The molecular weight excluding hydrogens is 431 g/mol. The van der Waals surface area contributed by atoms with Crippen LogP contribution in [-0.2, 0) is 13.0 Å². The molecule has 1 atom stereocenters. The van der Waals surface area contributed by atoms with E-state index in [2.05, 4.69) is 11.0 Å². The van der Waals surface area contributed by atoms with Crippen LogP contribution < -0.4 is 9.47 Å². The zero-order valence-electron chi connectivity index (χ0n) is 17.4. The number of ether oxygens (including phenoxy) is 2. The van der Waals surface area contributed by atoms with E-state index in [-0.39, 0.29) is 6.04 Å². The summed E-state index contributed by atoms with van der Waals surface area (Å²) in [5, 5.41) is 10.3. The predicted molar refractivity (Wildman–Crippen MR) is 123 cm³/mol. The maximum Gasteiger partial charge on any atom is 0.124 e. The fourth-order valence-electron chi connectivity index (χ4n) is 4.35. The van der Waals surface area contributed by atoms with Crippen LogP contribution in [0, 0.1) is 11.3 Å². The molecule has 3 aromatic carbocycles. The topological polar surface area (TPSA) is 45.5 Å². The van der Waals surface area contributed by atoms with Crippen LogP contribution in [0.3, 0.4) is 0 Å². The zero-order chi connectivity index (χ0) is 22.0. The molecule has 0 radical (unpaired) electrons. The maximum absolute atomic E-state index is 9.29. The smallest absolute Gasteiger partial charge is 0.124 e. The van der Waals surface area contributed by atoms with Crippen LogP contribution in [0.15, 0.2) is 54.6 Å². The average molecular weight is 453 g/mol. The van der Waals surface area contributed by atoms with E-state index in [1.807, 2.05) is 48.5 Å². The summed E-state index contributed by atoms with van der Waals surface area (Å²) in [6, 6.07) is 19.3. The van der Waals surface area contributed by atoms with E-state index in [9.17, 15) is 5.26 Å². The van der Waals surface area contributed by atoms with Crippen LogP contribution in [0.5, 0.6) is 11.5 Å². The number of hydrogen-bond donors (Lipinski definition) is 0. The van der Waals surface area contributed by atoms with E-state index in [1.165, 1.54) is 0 Å². The molecular formula is C25H22Cl2N2O2. The van der Waals surface area contributed by atoms with Gasteiger partial charge in [-0.05, 0) is 47.9 Å². The van der Waals surface area contributed by atoms with Crippen molar-refractivity contribution < 1.29 is 9.47 Å². The molecule has 0 spiro atoms. The number of nitriles is 1. The van der Waals surface area contributed by atoms with Crippen molar-refractivity contribution >= 4 is 23.2 Å². The van der Waals surface area contributed by atoms with Crippen LogP contribution in [0.2, 0.25) is 10.0 Å². The number of methoxy groups -OCH3 is 2. The van der Waals surface area contributed by atoms with Gasteiger partial charge in [-0.2, -0.15) is 5.26 Å². The third kappa shape index (κ3) is 4.09. The van der Waals surface area contributed by atoms with Gasteiger partial charge in [0, 0.05) is 24.2 Å². The third-order valence-electron chi connectivity index (χ3n) is 5.72. The Balaban J connectivity index is 1.88. The highest BCUT2D eigenvalue weighted by Crippen LogP contribution is 2.47. The van der Waals surface area contributed by atoms with Crippen molar-refractivity contribution in [3.8, 4) is 17.6 Å². The van der Waals surface area contributed by atoms with Gasteiger partial charge in [-0.3, -0.25) is 4.90 Å². The number of halogens is 2. The van der Waals surface area contributed by atoms with Gasteiger partial charge < -0.3 is 9.47 Å². The molecule has 31 heavy (non-hydrogen) atoms. The van der Waals surface area contributed by atoms with Gasteiger partial charge in [-0.15, -0.1) is 0 Å². The minimum Gasteiger partial charge on any atom is -0.496 e. The molecule has 0 amide bonds. The first-order chi connectivity index (χ1) is 15.1. The third-order valence-corrected chi connectivity index (χ3v) is 6.55. The molecule has 1 unspecified atom stereocenters. The molecule has 0 aromatic heterocycles. The molecule has 1 aliphatic rings. The highest BCUT2D eigenvalue weighted by Gasteiger charge is 2.35. The van der Waals surface area contributed by atoms with Crippen LogP contribution >= 0.6 is 23.2 Å². The highest BCUT2D eigenvalue weighted by atomic mass is 35.5. The van der Waals surface area contributed by atoms with E-state index < -0.39 is 0 Å². The van der Waals surface area contributed by atoms with Gasteiger partial charge in [-0.1, -0.05) is 47.5 Å². The normalized spacial score (nSPS) is 15.8. The Morgan fingerprint density at radius 3 is 2.52 bits per heavy atom. The Morgan fingerprint density at radius 1 is 1.03 bits per heavy atom. The summed E-state index contributed by atoms with van der Waals surface area (Å²) in [4.78, 5) is 2.35. The van der Waals surface area contributed by atoms with Gasteiger partial charge in [0.2, 0.25) is 0 Å². The van der Waals surface area contributed by atoms with Crippen molar-refractivity contribution in [2.24, 2.45) is 0 Å². The fraction of sp³-hybridized carbons (Fsp3) is 0.240. The van der Waals surface area contributed by atoms with E-state index in [4.69, 9.17) is 32.7 Å². The number of nitrogens with zero attached hydrogens (tertiary/aromatic N) is 2. The van der Waals surface area contributed by atoms with E-state index in [1.54, 1.807) is 20.3 Å². The van der Waals surface area contributed by atoms with Gasteiger partial charge >= 0.3 is 0 Å². The second-order valence-electron chi connectivity index (χ2n) is 7.44. The minimum atomic E-state index is -0.175. The Hall–Kier alpha value is -2.71. The second-order valence-corrected chi connectivity index (χ2v) is 8.23. The first-order valence-corrected chi connectivity index (χ1v) is 10.7. The number of hydrogen-bond acceptors (Lipinski definition) is 4. The first-order valence-electron chi connectivity index (χ1n) is 9.98. The standard InChI is InChI=1S/C25H22Cl2N2O2/c1-30-21-9-10-22(31-2)23-18(21)11-12-29(15-17-6-3-5-16(13-17)14-28)25(23)19-7-4-8-20(26)24(19)27/h3-10,13,25H,11-12,15H2,1-2H3. The average Bonchev–Trinajstić information content (AvgIpc) is 2.80. The van der Waals surface area contributed by atoms with E-state index >= 15 is 0 Å². The van der Waals surface area contributed by atoms with Crippen LogP contribution in [-0.4, -0.2) is 25.7 Å². The molecule has 4 rings (SSSR count). The fourth-order valence-corrected chi connectivity index (χ4v) is 4.76. The van der Waals surface area contributed by atoms with Gasteiger partial charge in [0.15, 0.2) is 0 Å². The molecule has 0 aliphatic carbocycles. The van der Waals surface area contributed by atoms with Gasteiger partial charge in [0.05, 0.1) is 41.9 Å². The second kappa shape index (κ2) is 9.20. The van der Waals surface area contributed by atoms with Crippen molar-refractivity contribution in [3.05, 3.63) is 92.5 Å². The molecule has 0 saturated heterocycles. The lowest BCUT2D eigenvalue weighted by atomic mass is 9.86. The Morgan fingerprint density at radius 2 is 1.77 bits per heavy atom. The maximum atomic E-state index is 9.29. The minimum absolute atomic E-state index is 0.175. The zero-order valence-corrected chi connectivity index (χ0v) is 18.9. The number of fused-ring (bicyclic) bond motifs is 1. The Labute approximate surface area is 192 Å².